The van der Waals surface area contributed by atoms with E-state index in [2.05, 4.69) is 10.4 Å². The number of nitrogens with one attached hydrogen (secondary N) is 1. The lowest BCUT2D eigenvalue weighted by Gasteiger charge is -2.30. The first kappa shape index (κ1) is 17.0. The number of aromatic nitrogens is 2. The van der Waals surface area contributed by atoms with Crippen LogP contribution in [0.2, 0.25) is 0 Å². The number of nitrogens with zero attached hydrogens (tertiary/aromatic N) is 3. The van der Waals surface area contributed by atoms with Crippen LogP contribution in [0.4, 0.5) is 0 Å². The summed E-state index contributed by atoms with van der Waals surface area (Å²) in [5.41, 5.74) is 0. The van der Waals surface area contributed by atoms with Crippen LogP contribution in [0.3, 0.4) is 0 Å². The molecule has 2 unspecified atom stereocenters. The summed E-state index contributed by atoms with van der Waals surface area (Å²) in [6.45, 7) is 3.34. The Bertz CT molecular complexity index is 551. The molecule has 3 rings (SSSR count). The maximum absolute atomic E-state index is 12.8. The molecule has 0 bridgehead atoms. The zero-order chi connectivity index (χ0) is 16.9. The minimum Gasteiger partial charge on any atom is -0.350 e. The fourth-order valence-corrected chi connectivity index (χ4v) is 3.96. The largest absolute Gasteiger partial charge is 0.350 e. The highest BCUT2D eigenvalue weighted by molar-refractivity contribution is 5.89. The van der Waals surface area contributed by atoms with Crippen molar-refractivity contribution in [2.45, 2.75) is 70.5 Å². The summed E-state index contributed by atoms with van der Waals surface area (Å²) in [7, 11) is 0. The molecule has 2 amide bonds. The third kappa shape index (κ3) is 3.97. The Morgan fingerprint density at radius 3 is 2.71 bits per heavy atom. The van der Waals surface area contributed by atoms with Gasteiger partial charge in [0.05, 0.1) is 6.54 Å². The molecule has 1 N–H and O–H groups in total. The number of carbonyl (C=O) groups is 2. The molecule has 2 fully saturated rings. The first-order valence-electron chi connectivity index (χ1n) is 9.23. The third-order valence-electron chi connectivity index (χ3n) is 5.20. The lowest BCUT2D eigenvalue weighted by atomic mass is 9.88. The molecule has 0 radical (unpaired) electrons. The van der Waals surface area contributed by atoms with E-state index in [-0.39, 0.29) is 29.8 Å². The monoisotopic (exact) mass is 332 g/mol. The van der Waals surface area contributed by atoms with E-state index in [0.29, 0.717) is 6.54 Å². The summed E-state index contributed by atoms with van der Waals surface area (Å²) in [4.78, 5) is 27.3. The van der Waals surface area contributed by atoms with Gasteiger partial charge in [-0.05, 0) is 38.7 Å². The number of carbonyl (C=O) groups excluding carboxylic acids is 2. The molecule has 1 aliphatic heterocycles. The van der Waals surface area contributed by atoms with Crippen molar-refractivity contribution < 1.29 is 9.59 Å². The summed E-state index contributed by atoms with van der Waals surface area (Å²) in [5, 5.41) is 7.22. The van der Waals surface area contributed by atoms with Crippen molar-refractivity contribution in [1.82, 2.24) is 20.0 Å². The molecule has 6 nitrogen and oxygen atoms in total. The Kier molecular flexibility index (Phi) is 5.53. The van der Waals surface area contributed by atoms with E-state index in [4.69, 9.17) is 0 Å². The number of likely N-dealkylation sites (tertiary alicyclic amines) is 1. The van der Waals surface area contributed by atoms with E-state index in [9.17, 15) is 9.59 Å². The summed E-state index contributed by atoms with van der Waals surface area (Å²) >= 11 is 0. The molecule has 2 aliphatic rings. The maximum atomic E-state index is 12.8. The normalized spacial score (nSPS) is 23.2. The van der Waals surface area contributed by atoms with Crippen LogP contribution in [0.5, 0.6) is 0 Å². The van der Waals surface area contributed by atoms with E-state index in [1.54, 1.807) is 6.20 Å². The molecule has 0 aromatic carbocycles. The summed E-state index contributed by atoms with van der Waals surface area (Å²) in [6, 6.07) is 1.57. The van der Waals surface area contributed by atoms with Gasteiger partial charge >= 0.3 is 0 Å². The van der Waals surface area contributed by atoms with E-state index in [0.717, 1.165) is 45.1 Å². The summed E-state index contributed by atoms with van der Waals surface area (Å²) < 4.78 is 1.81. The second-order valence-corrected chi connectivity index (χ2v) is 7.16. The third-order valence-corrected chi connectivity index (χ3v) is 5.20. The van der Waals surface area contributed by atoms with Crippen LogP contribution < -0.4 is 5.32 Å². The Balaban J connectivity index is 1.55. The molecule has 1 saturated heterocycles. The quantitative estimate of drug-likeness (QED) is 0.896. The Labute approximate surface area is 143 Å². The average Bonchev–Trinajstić information content (AvgIpc) is 3.26. The first-order valence-corrected chi connectivity index (χ1v) is 9.23. The molecule has 132 valence electrons. The van der Waals surface area contributed by atoms with Crippen molar-refractivity contribution >= 4 is 11.8 Å². The van der Waals surface area contributed by atoms with Crippen molar-refractivity contribution in [2.24, 2.45) is 5.92 Å². The fraction of sp³-hybridized carbons (Fsp3) is 0.722. The van der Waals surface area contributed by atoms with Crippen molar-refractivity contribution in [3.63, 3.8) is 0 Å². The SMILES string of the molecule is CC(Cn1cccn1)NC(=O)C1CCCN1C(=O)C1CCCCC1. The van der Waals surface area contributed by atoms with Gasteiger partial charge in [-0.1, -0.05) is 19.3 Å². The van der Waals surface area contributed by atoms with Gasteiger partial charge in [0, 0.05) is 30.9 Å². The van der Waals surface area contributed by atoms with E-state index in [1.165, 1.54) is 6.42 Å². The number of rotatable bonds is 5. The molecule has 1 aromatic rings. The van der Waals surface area contributed by atoms with Gasteiger partial charge in [-0.25, -0.2) is 0 Å². The standard InChI is InChI=1S/C18H28N4O2/c1-14(13-21-11-6-10-19-21)20-17(23)16-9-5-12-22(16)18(24)15-7-3-2-4-8-15/h6,10-11,14-16H,2-5,7-9,12-13H2,1H3,(H,20,23). The van der Waals surface area contributed by atoms with Crippen LogP contribution in [0.15, 0.2) is 18.5 Å². The van der Waals surface area contributed by atoms with Crippen LogP contribution in [0, 0.1) is 5.92 Å². The van der Waals surface area contributed by atoms with E-state index >= 15 is 0 Å². The summed E-state index contributed by atoms with van der Waals surface area (Å²) in [5.74, 6) is 0.317. The second kappa shape index (κ2) is 7.81. The predicted molar refractivity (Wildman–Crippen MR) is 91.1 cm³/mol. The minimum absolute atomic E-state index is 0.00960. The minimum atomic E-state index is -0.292. The van der Waals surface area contributed by atoms with Gasteiger partial charge in [-0.2, -0.15) is 5.10 Å². The maximum Gasteiger partial charge on any atom is 0.243 e. The Morgan fingerprint density at radius 2 is 2.00 bits per heavy atom. The Morgan fingerprint density at radius 1 is 1.21 bits per heavy atom. The molecule has 0 spiro atoms. The highest BCUT2D eigenvalue weighted by Gasteiger charge is 2.37. The zero-order valence-electron chi connectivity index (χ0n) is 14.5. The molecule has 24 heavy (non-hydrogen) atoms. The first-order chi connectivity index (χ1) is 11.6. The lowest BCUT2D eigenvalue weighted by molar-refractivity contribution is -0.142. The number of hydrogen-bond acceptors (Lipinski definition) is 3. The van der Waals surface area contributed by atoms with E-state index < -0.39 is 0 Å². The Hall–Kier alpha value is -1.85. The molecular formula is C18H28N4O2. The topological polar surface area (TPSA) is 67.2 Å². The molecule has 2 atom stereocenters. The van der Waals surface area contributed by atoms with Crippen molar-refractivity contribution in [2.75, 3.05) is 6.54 Å². The highest BCUT2D eigenvalue weighted by atomic mass is 16.2. The molecule has 1 aliphatic carbocycles. The summed E-state index contributed by atoms with van der Waals surface area (Å²) in [6.07, 6.45) is 10.8. The second-order valence-electron chi connectivity index (χ2n) is 7.16. The van der Waals surface area contributed by atoms with Gasteiger partial charge in [0.2, 0.25) is 11.8 Å². The van der Waals surface area contributed by atoms with Gasteiger partial charge < -0.3 is 10.2 Å². The molecule has 1 saturated carbocycles. The van der Waals surface area contributed by atoms with Crippen molar-refractivity contribution in [3.05, 3.63) is 18.5 Å². The van der Waals surface area contributed by atoms with E-state index in [1.807, 2.05) is 28.8 Å². The molecule has 2 heterocycles. The van der Waals surface area contributed by atoms with Crippen LogP contribution >= 0.6 is 0 Å². The van der Waals surface area contributed by atoms with Crippen molar-refractivity contribution in [3.8, 4) is 0 Å². The van der Waals surface area contributed by atoms with Gasteiger partial charge in [-0.3, -0.25) is 14.3 Å². The molecular weight excluding hydrogens is 304 g/mol. The number of amides is 2. The molecule has 1 aromatic heterocycles. The van der Waals surface area contributed by atoms with Crippen LogP contribution in [-0.4, -0.2) is 45.1 Å². The van der Waals surface area contributed by atoms with Crippen LogP contribution in [0.25, 0.3) is 0 Å². The zero-order valence-corrected chi connectivity index (χ0v) is 14.5. The van der Waals surface area contributed by atoms with Crippen LogP contribution in [-0.2, 0) is 16.1 Å². The van der Waals surface area contributed by atoms with Gasteiger partial charge in [0.1, 0.15) is 6.04 Å². The highest BCUT2D eigenvalue weighted by Crippen LogP contribution is 2.28. The molecule has 6 heteroatoms. The van der Waals surface area contributed by atoms with Gasteiger partial charge in [0.15, 0.2) is 0 Å². The lowest BCUT2D eigenvalue weighted by Crippen LogP contribution is -2.50. The smallest absolute Gasteiger partial charge is 0.243 e. The fourth-order valence-electron chi connectivity index (χ4n) is 3.96. The van der Waals surface area contributed by atoms with Gasteiger partial charge in [-0.15, -0.1) is 0 Å². The van der Waals surface area contributed by atoms with Crippen molar-refractivity contribution in [1.29, 1.82) is 0 Å². The number of hydrogen-bond donors (Lipinski definition) is 1. The van der Waals surface area contributed by atoms with Gasteiger partial charge in [0.25, 0.3) is 0 Å². The average molecular weight is 332 g/mol. The predicted octanol–water partition coefficient (Wildman–Crippen LogP) is 1.96. The van der Waals surface area contributed by atoms with Crippen LogP contribution in [0.1, 0.15) is 51.9 Å².